The molecule has 1 aromatic carbocycles. The second-order valence-electron chi connectivity index (χ2n) is 7.72. The Morgan fingerprint density at radius 1 is 1.18 bits per heavy atom. The molecule has 0 bridgehead atoms. The molecule has 2 aromatic heterocycles. The summed E-state index contributed by atoms with van der Waals surface area (Å²) in [5, 5.41) is 11.5. The van der Waals surface area contributed by atoms with Gasteiger partial charge >= 0.3 is 0 Å². The predicted molar refractivity (Wildman–Crippen MR) is 111 cm³/mol. The van der Waals surface area contributed by atoms with Gasteiger partial charge in [0.2, 0.25) is 0 Å². The summed E-state index contributed by atoms with van der Waals surface area (Å²) in [4.78, 5) is 21.9. The van der Waals surface area contributed by atoms with Crippen molar-refractivity contribution in [3.05, 3.63) is 68.5 Å². The molecule has 0 amide bonds. The first-order chi connectivity index (χ1) is 13.5. The van der Waals surface area contributed by atoms with Gasteiger partial charge in [0.05, 0.1) is 29.4 Å². The molecule has 4 rings (SSSR count). The average Bonchev–Trinajstić information content (AvgIpc) is 2.67. The van der Waals surface area contributed by atoms with E-state index >= 15 is 0 Å². The zero-order valence-corrected chi connectivity index (χ0v) is 16.9. The lowest BCUT2D eigenvalue weighted by Gasteiger charge is -2.29. The highest BCUT2D eigenvalue weighted by Crippen LogP contribution is 2.29. The predicted octanol–water partition coefficient (Wildman–Crippen LogP) is 4.13. The summed E-state index contributed by atoms with van der Waals surface area (Å²) < 4.78 is 1.63. The van der Waals surface area contributed by atoms with Crippen molar-refractivity contribution in [2.45, 2.75) is 58.1 Å². The topological polar surface area (TPSA) is 68.0 Å². The van der Waals surface area contributed by atoms with Gasteiger partial charge in [-0.15, -0.1) is 0 Å². The van der Waals surface area contributed by atoms with Gasteiger partial charge in [0.1, 0.15) is 5.15 Å². The first-order valence-corrected chi connectivity index (χ1v) is 10.1. The van der Waals surface area contributed by atoms with E-state index in [1.54, 1.807) is 17.1 Å². The molecule has 2 atom stereocenters. The molecule has 2 heterocycles. The van der Waals surface area contributed by atoms with Crippen LogP contribution >= 0.6 is 11.6 Å². The van der Waals surface area contributed by atoms with Crippen LogP contribution in [0.4, 0.5) is 0 Å². The molecule has 1 N–H and O–H groups in total. The number of nitrogens with zero attached hydrogens (tertiary/aromatic N) is 3. The number of pyridine rings is 1. The molecule has 2 unspecified atom stereocenters. The zero-order chi connectivity index (χ0) is 19.8. The van der Waals surface area contributed by atoms with Crippen LogP contribution in [0.5, 0.6) is 0 Å². The van der Waals surface area contributed by atoms with E-state index in [4.69, 9.17) is 11.6 Å². The minimum Gasteiger partial charge on any atom is -0.391 e. The van der Waals surface area contributed by atoms with Crippen LogP contribution in [0.2, 0.25) is 5.15 Å². The molecule has 1 fully saturated rings. The maximum Gasteiger partial charge on any atom is 0.261 e. The number of aryl methyl sites for hydroxylation is 1. The molecule has 28 heavy (non-hydrogen) atoms. The van der Waals surface area contributed by atoms with E-state index < -0.39 is 6.10 Å². The SMILES string of the molecule is Cc1c(Cc2ccnc(Cl)c2)cc2c(=O)n(C3CCCCC3O)cnc2c1C. The first-order valence-electron chi connectivity index (χ1n) is 9.74. The summed E-state index contributed by atoms with van der Waals surface area (Å²) in [6.07, 6.45) is 7.05. The fraction of sp³-hybridized carbons (Fsp3) is 0.409. The molecule has 3 aromatic rings. The lowest BCUT2D eigenvalue weighted by atomic mass is 9.92. The van der Waals surface area contributed by atoms with Gasteiger partial charge in [-0.05, 0) is 73.6 Å². The number of rotatable bonds is 3. The van der Waals surface area contributed by atoms with Crippen molar-refractivity contribution in [1.29, 1.82) is 0 Å². The van der Waals surface area contributed by atoms with Crippen LogP contribution in [0.3, 0.4) is 0 Å². The van der Waals surface area contributed by atoms with Crippen molar-refractivity contribution in [1.82, 2.24) is 14.5 Å². The van der Waals surface area contributed by atoms with Crippen molar-refractivity contribution < 1.29 is 5.11 Å². The second-order valence-corrected chi connectivity index (χ2v) is 8.11. The summed E-state index contributed by atoms with van der Waals surface area (Å²) in [7, 11) is 0. The van der Waals surface area contributed by atoms with E-state index in [0.717, 1.165) is 53.5 Å². The fourth-order valence-electron chi connectivity index (χ4n) is 4.22. The maximum absolute atomic E-state index is 13.3. The number of hydrogen-bond donors (Lipinski definition) is 1. The number of aliphatic hydroxyl groups excluding tert-OH is 1. The Morgan fingerprint density at radius 2 is 1.96 bits per heavy atom. The van der Waals surface area contributed by atoms with Gasteiger partial charge in [0.25, 0.3) is 5.56 Å². The van der Waals surface area contributed by atoms with Crippen LogP contribution in [-0.4, -0.2) is 25.7 Å². The van der Waals surface area contributed by atoms with Crippen LogP contribution < -0.4 is 5.56 Å². The minimum atomic E-state index is -0.490. The Balaban J connectivity index is 1.83. The van der Waals surface area contributed by atoms with Gasteiger partial charge in [0.15, 0.2) is 0 Å². The first kappa shape index (κ1) is 19.1. The summed E-state index contributed by atoms with van der Waals surface area (Å²) in [5.74, 6) is 0. The van der Waals surface area contributed by atoms with Gasteiger partial charge in [-0.3, -0.25) is 9.36 Å². The molecule has 0 aliphatic heterocycles. The molecular weight excluding hydrogens is 374 g/mol. The van der Waals surface area contributed by atoms with E-state index in [1.165, 1.54) is 0 Å². The lowest BCUT2D eigenvalue weighted by molar-refractivity contribution is 0.0735. The summed E-state index contributed by atoms with van der Waals surface area (Å²) in [6, 6.07) is 5.54. The number of aliphatic hydroxyl groups is 1. The van der Waals surface area contributed by atoms with Gasteiger partial charge in [-0.2, -0.15) is 0 Å². The lowest BCUT2D eigenvalue weighted by Crippen LogP contribution is -2.34. The normalized spacial score (nSPS) is 19.9. The quantitative estimate of drug-likeness (QED) is 0.675. The minimum absolute atomic E-state index is 0.0759. The Kier molecular flexibility index (Phi) is 5.21. The molecule has 0 saturated heterocycles. The molecule has 6 heteroatoms. The van der Waals surface area contributed by atoms with Gasteiger partial charge in [0, 0.05) is 6.20 Å². The number of benzene rings is 1. The Labute approximate surface area is 169 Å². The van der Waals surface area contributed by atoms with Crippen LogP contribution in [0, 0.1) is 13.8 Å². The van der Waals surface area contributed by atoms with Crippen molar-refractivity contribution >= 4 is 22.5 Å². The van der Waals surface area contributed by atoms with Gasteiger partial charge < -0.3 is 5.11 Å². The standard InChI is InChI=1S/C22H24ClN3O2/c1-13-14(2)21-17(11-16(13)9-15-7-8-24-20(23)10-15)22(28)26(12-25-21)18-5-3-4-6-19(18)27/h7-8,10-12,18-19,27H,3-6,9H2,1-2H3. The average molecular weight is 398 g/mol. The number of fused-ring (bicyclic) bond motifs is 1. The van der Waals surface area contributed by atoms with Gasteiger partial charge in [-0.25, -0.2) is 9.97 Å². The van der Waals surface area contributed by atoms with Crippen LogP contribution in [-0.2, 0) is 6.42 Å². The van der Waals surface area contributed by atoms with Crippen molar-refractivity contribution in [3.63, 3.8) is 0 Å². The third kappa shape index (κ3) is 3.45. The Hall–Kier alpha value is -2.24. The van der Waals surface area contributed by atoms with Crippen molar-refractivity contribution in [2.75, 3.05) is 0 Å². The molecule has 0 radical (unpaired) electrons. The molecular formula is C22H24ClN3O2. The van der Waals surface area contributed by atoms with Gasteiger partial charge in [-0.1, -0.05) is 24.4 Å². The van der Waals surface area contributed by atoms with E-state index in [9.17, 15) is 9.90 Å². The maximum atomic E-state index is 13.3. The highest BCUT2D eigenvalue weighted by Gasteiger charge is 2.26. The van der Waals surface area contributed by atoms with E-state index in [-0.39, 0.29) is 11.6 Å². The highest BCUT2D eigenvalue weighted by atomic mass is 35.5. The highest BCUT2D eigenvalue weighted by molar-refractivity contribution is 6.29. The summed E-state index contributed by atoms with van der Waals surface area (Å²) in [6.45, 7) is 4.07. The molecule has 5 nitrogen and oxygen atoms in total. The third-order valence-corrected chi connectivity index (χ3v) is 6.19. The third-order valence-electron chi connectivity index (χ3n) is 5.99. The summed E-state index contributed by atoms with van der Waals surface area (Å²) >= 11 is 6.02. The van der Waals surface area contributed by atoms with E-state index in [0.29, 0.717) is 17.0 Å². The van der Waals surface area contributed by atoms with Crippen LogP contribution in [0.1, 0.15) is 54.0 Å². The van der Waals surface area contributed by atoms with E-state index in [2.05, 4.69) is 16.9 Å². The molecule has 1 aliphatic carbocycles. The molecule has 1 saturated carbocycles. The smallest absolute Gasteiger partial charge is 0.261 e. The largest absolute Gasteiger partial charge is 0.391 e. The number of aromatic nitrogens is 3. The monoisotopic (exact) mass is 397 g/mol. The Bertz CT molecular complexity index is 1090. The number of hydrogen-bond acceptors (Lipinski definition) is 4. The molecule has 146 valence electrons. The zero-order valence-electron chi connectivity index (χ0n) is 16.2. The second kappa shape index (κ2) is 7.64. The summed E-state index contributed by atoms with van der Waals surface area (Å²) in [5.41, 5.74) is 4.93. The van der Waals surface area contributed by atoms with Crippen molar-refractivity contribution in [3.8, 4) is 0 Å². The Morgan fingerprint density at radius 3 is 2.71 bits per heavy atom. The molecule has 0 spiro atoms. The van der Waals surface area contributed by atoms with Crippen molar-refractivity contribution in [2.24, 2.45) is 0 Å². The van der Waals surface area contributed by atoms with Crippen LogP contribution in [0.15, 0.2) is 35.5 Å². The molecule has 1 aliphatic rings. The number of halogens is 1. The van der Waals surface area contributed by atoms with Crippen LogP contribution in [0.25, 0.3) is 10.9 Å². The fourth-order valence-corrected chi connectivity index (χ4v) is 4.42. The van der Waals surface area contributed by atoms with E-state index in [1.807, 2.05) is 25.1 Å².